The number of aliphatic hydroxyl groups is 1. The van der Waals surface area contributed by atoms with Crippen LogP contribution in [0.15, 0.2) is 16.7 Å². The number of carbonyl (C=O) groups excluding carboxylic acids is 1. The van der Waals surface area contributed by atoms with Gasteiger partial charge in [0.25, 0.3) is 5.91 Å². The Hall–Kier alpha value is -0.810. The summed E-state index contributed by atoms with van der Waals surface area (Å²) in [6.07, 6.45) is 5.24. The van der Waals surface area contributed by atoms with Gasteiger partial charge in [-0.3, -0.25) is 4.79 Å². The summed E-state index contributed by atoms with van der Waals surface area (Å²) in [5.41, 5.74) is 0.639. The van der Waals surface area contributed by atoms with Crippen molar-refractivity contribution in [2.45, 2.75) is 57.7 Å². The number of rotatable bonds is 3. The smallest absolute Gasteiger partial charge is 0.268 e. The lowest BCUT2D eigenvalue weighted by atomic mass is 9.92. The van der Waals surface area contributed by atoms with Crippen LogP contribution in [0.3, 0.4) is 0 Å². The van der Waals surface area contributed by atoms with Gasteiger partial charge in [-0.15, -0.1) is 0 Å². The minimum atomic E-state index is -0.413. The van der Waals surface area contributed by atoms with Gasteiger partial charge in [0, 0.05) is 16.7 Å². The number of aliphatic hydroxyl groups excluding tert-OH is 1. The lowest BCUT2D eigenvalue weighted by Crippen LogP contribution is -2.45. The van der Waals surface area contributed by atoms with E-state index < -0.39 is 6.10 Å². The molecule has 2 N–H and O–H groups in total. The molecular weight excluding hydrogens is 308 g/mol. The zero-order valence-electron chi connectivity index (χ0n) is 11.4. The number of halogens is 1. The summed E-state index contributed by atoms with van der Waals surface area (Å²) >= 11 is 3.41. The first-order valence-electron chi connectivity index (χ1n) is 6.85. The molecule has 1 aromatic heterocycles. The summed E-state index contributed by atoms with van der Waals surface area (Å²) in [4.78, 5) is 12.3. The number of aromatic nitrogens is 1. The summed E-state index contributed by atoms with van der Waals surface area (Å²) in [7, 11) is 0. The standard InChI is InChI=1S/C14H21BrN2O2/c1-9(2)17-8-10(15)7-12(17)14(19)16-11-5-3-4-6-13(11)18/h7-9,11,13,18H,3-6H2,1-2H3,(H,16,19)/t11-,13-/m0/s1. The minimum Gasteiger partial charge on any atom is -0.391 e. The average Bonchev–Trinajstić information content (AvgIpc) is 2.74. The van der Waals surface area contributed by atoms with Crippen molar-refractivity contribution in [3.8, 4) is 0 Å². The highest BCUT2D eigenvalue weighted by Gasteiger charge is 2.26. The Kier molecular flexibility index (Phi) is 4.68. The summed E-state index contributed by atoms with van der Waals surface area (Å²) in [6, 6.07) is 1.93. The van der Waals surface area contributed by atoms with E-state index in [1.54, 1.807) is 0 Å². The van der Waals surface area contributed by atoms with Crippen molar-refractivity contribution >= 4 is 21.8 Å². The predicted molar refractivity (Wildman–Crippen MR) is 78.2 cm³/mol. The third kappa shape index (κ3) is 3.39. The Morgan fingerprint density at radius 1 is 1.47 bits per heavy atom. The molecule has 1 heterocycles. The lowest BCUT2D eigenvalue weighted by Gasteiger charge is -2.28. The van der Waals surface area contributed by atoms with Gasteiger partial charge < -0.3 is 15.0 Å². The number of amides is 1. The van der Waals surface area contributed by atoms with Crippen molar-refractivity contribution in [3.63, 3.8) is 0 Å². The fraction of sp³-hybridized carbons (Fsp3) is 0.643. The van der Waals surface area contributed by atoms with Gasteiger partial charge in [-0.2, -0.15) is 0 Å². The van der Waals surface area contributed by atoms with Crippen molar-refractivity contribution in [3.05, 3.63) is 22.4 Å². The molecule has 1 saturated carbocycles. The molecular formula is C14H21BrN2O2. The molecule has 19 heavy (non-hydrogen) atoms. The summed E-state index contributed by atoms with van der Waals surface area (Å²) < 4.78 is 2.84. The molecule has 2 rings (SSSR count). The molecule has 0 radical (unpaired) electrons. The van der Waals surface area contributed by atoms with Crippen LogP contribution in [0.4, 0.5) is 0 Å². The van der Waals surface area contributed by atoms with Crippen molar-refractivity contribution < 1.29 is 9.90 Å². The largest absolute Gasteiger partial charge is 0.391 e. The quantitative estimate of drug-likeness (QED) is 0.896. The van der Waals surface area contributed by atoms with Gasteiger partial charge in [0.15, 0.2) is 0 Å². The van der Waals surface area contributed by atoms with Gasteiger partial charge in [-0.05, 0) is 48.7 Å². The number of nitrogens with one attached hydrogen (secondary N) is 1. The molecule has 1 aromatic rings. The molecule has 0 aliphatic heterocycles. The number of hydrogen-bond donors (Lipinski definition) is 2. The maximum Gasteiger partial charge on any atom is 0.268 e. The Morgan fingerprint density at radius 3 is 2.79 bits per heavy atom. The van der Waals surface area contributed by atoms with E-state index in [2.05, 4.69) is 21.2 Å². The molecule has 0 bridgehead atoms. The van der Waals surface area contributed by atoms with Crippen molar-refractivity contribution in [1.82, 2.24) is 9.88 Å². The van der Waals surface area contributed by atoms with Gasteiger partial charge in [0.1, 0.15) is 5.69 Å². The van der Waals surface area contributed by atoms with Gasteiger partial charge in [0.2, 0.25) is 0 Å². The normalized spacial score (nSPS) is 23.6. The van der Waals surface area contributed by atoms with Crippen LogP contribution < -0.4 is 5.32 Å². The Morgan fingerprint density at radius 2 is 2.16 bits per heavy atom. The second kappa shape index (κ2) is 6.09. The van der Waals surface area contributed by atoms with E-state index >= 15 is 0 Å². The topological polar surface area (TPSA) is 54.3 Å². The number of hydrogen-bond acceptors (Lipinski definition) is 2. The molecule has 1 aliphatic rings. The third-order valence-corrected chi connectivity index (χ3v) is 4.08. The second-order valence-electron chi connectivity index (χ2n) is 5.48. The van der Waals surface area contributed by atoms with E-state index in [0.717, 1.165) is 30.2 Å². The van der Waals surface area contributed by atoms with E-state index in [0.29, 0.717) is 5.69 Å². The summed E-state index contributed by atoms with van der Waals surface area (Å²) in [5, 5.41) is 12.9. The SMILES string of the molecule is CC(C)n1cc(Br)cc1C(=O)N[C@H]1CCCC[C@@H]1O. The van der Waals surface area contributed by atoms with Crippen LogP contribution in [-0.4, -0.2) is 27.7 Å². The Balaban J connectivity index is 2.11. The Labute approximate surface area is 122 Å². The zero-order chi connectivity index (χ0) is 14.0. The van der Waals surface area contributed by atoms with Crippen molar-refractivity contribution in [2.75, 3.05) is 0 Å². The van der Waals surface area contributed by atoms with Crippen LogP contribution >= 0.6 is 15.9 Å². The summed E-state index contributed by atoms with van der Waals surface area (Å²) in [5.74, 6) is -0.106. The highest BCUT2D eigenvalue weighted by Crippen LogP contribution is 2.22. The molecule has 0 aromatic carbocycles. The van der Waals surface area contributed by atoms with Gasteiger partial charge in [-0.25, -0.2) is 0 Å². The summed E-state index contributed by atoms with van der Waals surface area (Å²) in [6.45, 7) is 4.08. The monoisotopic (exact) mass is 328 g/mol. The van der Waals surface area contributed by atoms with Crippen LogP contribution in [-0.2, 0) is 0 Å². The Bertz CT molecular complexity index is 456. The van der Waals surface area contributed by atoms with E-state index in [1.165, 1.54) is 0 Å². The fourth-order valence-electron chi connectivity index (χ4n) is 2.58. The van der Waals surface area contributed by atoms with Gasteiger partial charge in [-0.1, -0.05) is 12.8 Å². The van der Waals surface area contributed by atoms with Crippen LogP contribution in [0.1, 0.15) is 56.1 Å². The molecule has 0 unspecified atom stereocenters. The first-order chi connectivity index (χ1) is 8.99. The first kappa shape index (κ1) is 14.6. The maximum absolute atomic E-state index is 12.3. The van der Waals surface area contributed by atoms with Crippen LogP contribution in [0.5, 0.6) is 0 Å². The van der Waals surface area contributed by atoms with Crippen LogP contribution in [0.25, 0.3) is 0 Å². The highest BCUT2D eigenvalue weighted by atomic mass is 79.9. The van der Waals surface area contributed by atoms with E-state index in [4.69, 9.17) is 0 Å². The van der Waals surface area contributed by atoms with E-state index in [9.17, 15) is 9.90 Å². The molecule has 1 fully saturated rings. The maximum atomic E-state index is 12.3. The first-order valence-corrected chi connectivity index (χ1v) is 7.64. The fourth-order valence-corrected chi connectivity index (χ4v) is 3.01. The van der Waals surface area contributed by atoms with Crippen molar-refractivity contribution in [2.24, 2.45) is 0 Å². The molecule has 106 valence electrons. The molecule has 4 nitrogen and oxygen atoms in total. The molecule has 1 amide bonds. The molecule has 0 saturated heterocycles. The minimum absolute atomic E-state index is 0.106. The predicted octanol–water partition coefficient (Wildman–Crippen LogP) is 2.86. The highest BCUT2D eigenvalue weighted by molar-refractivity contribution is 9.10. The van der Waals surface area contributed by atoms with E-state index in [1.807, 2.05) is 30.7 Å². The van der Waals surface area contributed by atoms with Gasteiger partial charge in [0.05, 0.1) is 12.1 Å². The molecule has 0 spiro atoms. The number of nitrogens with zero attached hydrogens (tertiary/aromatic N) is 1. The molecule has 2 atom stereocenters. The van der Waals surface area contributed by atoms with Crippen LogP contribution in [0, 0.1) is 0 Å². The average molecular weight is 329 g/mol. The van der Waals surface area contributed by atoms with Crippen molar-refractivity contribution in [1.29, 1.82) is 0 Å². The molecule has 1 aliphatic carbocycles. The zero-order valence-corrected chi connectivity index (χ0v) is 13.0. The molecule has 5 heteroatoms. The number of carbonyl (C=O) groups is 1. The lowest BCUT2D eigenvalue weighted by molar-refractivity contribution is 0.0710. The van der Waals surface area contributed by atoms with Gasteiger partial charge >= 0.3 is 0 Å². The van der Waals surface area contributed by atoms with Crippen LogP contribution in [0.2, 0.25) is 0 Å². The third-order valence-electron chi connectivity index (χ3n) is 3.65. The second-order valence-corrected chi connectivity index (χ2v) is 6.39. The van der Waals surface area contributed by atoms with E-state index in [-0.39, 0.29) is 18.0 Å².